The topological polar surface area (TPSA) is 77.8 Å². The SMILES string of the molecule is CC[C@H]1C(C(=O)OC(C)(C)C)=C[C@@H](c2cc3ccccc3n2S(=O)(=O)c2ccccc2)N2[C@@H]1O[C@@H]1Cc3cccc(C(C)C)c3[C@@H]12. The van der Waals surface area contributed by atoms with Gasteiger partial charge in [-0.2, -0.15) is 0 Å². The summed E-state index contributed by atoms with van der Waals surface area (Å²) in [7, 11) is -4.02. The monoisotopic (exact) mass is 638 g/mol. The van der Waals surface area contributed by atoms with Crippen LogP contribution >= 0.6 is 0 Å². The lowest BCUT2D eigenvalue weighted by Gasteiger charge is -2.43. The molecule has 0 radical (unpaired) electrons. The highest BCUT2D eigenvalue weighted by molar-refractivity contribution is 7.90. The molecule has 1 aromatic heterocycles. The van der Waals surface area contributed by atoms with Gasteiger partial charge in [-0.3, -0.25) is 4.90 Å². The van der Waals surface area contributed by atoms with E-state index in [-0.39, 0.29) is 28.9 Å². The zero-order valence-electron chi connectivity index (χ0n) is 27.3. The molecule has 46 heavy (non-hydrogen) atoms. The van der Waals surface area contributed by atoms with E-state index < -0.39 is 27.9 Å². The molecule has 0 saturated carbocycles. The van der Waals surface area contributed by atoms with E-state index in [4.69, 9.17) is 9.47 Å². The first-order valence-electron chi connectivity index (χ1n) is 16.3. The van der Waals surface area contributed by atoms with Gasteiger partial charge < -0.3 is 9.47 Å². The highest BCUT2D eigenvalue weighted by atomic mass is 32.2. The summed E-state index contributed by atoms with van der Waals surface area (Å²) in [6, 6.07) is 23.9. The molecule has 0 amide bonds. The van der Waals surface area contributed by atoms with E-state index in [2.05, 4.69) is 43.9 Å². The van der Waals surface area contributed by atoms with Gasteiger partial charge in [-0.05, 0) is 74.1 Å². The van der Waals surface area contributed by atoms with Gasteiger partial charge in [-0.25, -0.2) is 17.2 Å². The van der Waals surface area contributed by atoms with Crippen LogP contribution in [0.5, 0.6) is 0 Å². The Balaban J connectivity index is 1.50. The minimum Gasteiger partial charge on any atom is -0.457 e. The fourth-order valence-corrected chi connectivity index (χ4v) is 9.34. The van der Waals surface area contributed by atoms with E-state index in [1.165, 1.54) is 20.7 Å². The summed E-state index contributed by atoms with van der Waals surface area (Å²) in [6.07, 6.45) is 2.85. The molecule has 0 bridgehead atoms. The number of fused-ring (bicyclic) bond motifs is 6. The standard InChI is InChI=1S/C38H42N2O5S/c1-7-27-29(37(41)45-38(4,5)6)22-31(39-35-33(44-36(27)39)21-25-15-13-18-28(23(2)3)34(25)35)32-20-24-14-11-12-19-30(24)40(32)46(42,43)26-16-9-8-10-17-26/h8-20,22-23,27,31,33,35-36H,7,21H2,1-6H3/t27-,31-,33+,35+,36+/m0/s1. The van der Waals surface area contributed by atoms with Crippen molar-refractivity contribution in [2.75, 3.05) is 0 Å². The van der Waals surface area contributed by atoms with Gasteiger partial charge in [0.25, 0.3) is 10.0 Å². The molecule has 3 aliphatic rings. The van der Waals surface area contributed by atoms with Crippen LogP contribution in [0.1, 0.15) is 88.3 Å². The van der Waals surface area contributed by atoms with Gasteiger partial charge in [0.1, 0.15) is 11.8 Å². The fraction of sp³-hybridized carbons (Fsp3) is 0.395. The highest BCUT2D eigenvalue weighted by Gasteiger charge is 2.56. The Labute approximate surface area is 271 Å². The Kier molecular flexibility index (Phi) is 7.54. The molecule has 1 fully saturated rings. The normalized spacial score (nSPS) is 24.5. The molecule has 4 aromatic rings. The Morgan fingerprint density at radius 2 is 1.72 bits per heavy atom. The van der Waals surface area contributed by atoms with Crippen LogP contribution in [0.25, 0.3) is 10.9 Å². The van der Waals surface area contributed by atoms with Crippen molar-refractivity contribution >= 4 is 26.9 Å². The Bertz CT molecular complexity index is 1950. The molecule has 3 aromatic carbocycles. The second-order valence-corrected chi connectivity index (χ2v) is 15.8. The number of carbonyl (C=O) groups is 1. The summed E-state index contributed by atoms with van der Waals surface area (Å²) >= 11 is 0. The van der Waals surface area contributed by atoms with E-state index in [0.717, 1.165) is 11.8 Å². The summed E-state index contributed by atoms with van der Waals surface area (Å²) in [6.45, 7) is 12.1. The predicted octanol–water partition coefficient (Wildman–Crippen LogP) is 7.68. The first kappa shape index (κ1) is 30.9. The summed E-state index contributed by atoms with van der Waals surface area (Å²) in [5.41, 5.74) is 4.83. The maximum absolute atomic E-state index is 14.6. The van der Waals surface area contributed by atoms with Gasteiger partial charge in [0.15, 0.2) is 0 Å². The van der Waals surface area contributed by atoms with Crippen LogP contribution < -0.4 is 0 Å². The average molecular weight is 639 g/mol. The molecule has 240 valence electrons. The zero-order valence-corrected chi connectivity index (χ0v) is 28.1. The first-order valence-corrected chi connectivity index (χ1v) is 17.8. The average Bonchev–Trinajstić information content (AvgIpc) is 3.69. The maximum Gasteiger partial charge on any atom is 0.334 e. The lowest BCUT2D eigenvalue weighted by Crippen LogP contribution is -2.46. The predicted molar refractivity (Wildman–Crippen MR) is 179 cm³/mol. The molecule has 3 heterocycles. The van der Waals surface area contributed by atoms with Gasteiger partial charge in [-0.15, -0.1) is 0 Å². The number of carbonyl (C=O) groups excluding carboxylic acids is 1. The lowest BCUT2D eigenvalue weighted by atomic mass is 9.84. The van der Waals surface area contributed by atoms with Gasteiger partial charge in [0.05, 0.1) is 34.3 Å². The van der Waals surface area contributed by atoms with Crippen molar-refractivity contribution in [3.05, 3.63) is 113 Å². The van der Waals surface area contributed by atoms with Crippen LogP contribution in [-0.4, -0.2) is 41.2 Å². The number of esters is 1. The summed E-state index contributed by atoms with van der Waals surface area (Å²) in [4.78, 5) is 16.5. The molecule has 1 aliphatic carbocycles. The van der Waals surface area contributed by atoms with E-state index in [0.29, 0.717) is 29.1 Å². The van der Waals surface area contributed by atoms with Crippen LogP contribution in [-0.2, 0) is 30.7 Å². The smallest absolute Gasteiger partial charge is 0.334 e. The van der Waals surface area contributed by atoms with Crippen LogP contribution in [0.3, 0.4) is 0 Å². The van der Waals surface area contributed by atoms with Crippen molar-refractivity contribution in [3.63, 3.8) is 0 Å². The maximum atomic E-state index is 14.6. The van der Waals surface area contributed by atoms with Crippen molar-refractivity contribution < 1.29 is 22.7 Å². The summed E-state index contributed by atoms with van der Waals surface area (Å²) in [5, 5.41) is 0.810. The molecule has 1 saturated heterocycles. The van der Waals surface area contributed by atoms with Crippen LogP contribution in [0.15, 0.2) is 95.4 Å². The first-order chi connectivity index (χ1) is 21.9. The van der Waals surface area contributed by atoms with E-state index in [9.17, 15) is 13.2 Å². The lowest BCUT2D eigenvalue weighted by molar-refractivity contribution is -0.152. The Morgan fingerprint density at radius 3 is 2.41 bits per heavy atom. The molecule has 7 nitrogen and oxygen atoms in total. The molecule has 7 rings (SSSR count). The minimum absolute atomic E-state index is 0.0972. The van der Waals surface area contributed by atoms with Crippen LogP contribution in [0.2, 0.25) is 0 Å². The fourth-order valence-electron chi connectivity index (χ4n) is 7.77. The second kappa shape index (κ2) is 11.2. The number of ether oxygens (including phenoxy) is 2. The van der Waals surface area contributed by atoms with Gasteiger partial charge >= 0.3 is 5.97 Å². The quantitative estimate of drug-likeness (QED) is 0.202. The van der Waals surface area contributed by atoms with E-state index >= 15 is 0 Å². The van der Waals surface area contributed by atoms with Crippen molar-refractivity contribution in [3.8, 4) is 0 Å². The Morgan fingerprint density at radius 1 is 1.00 bits per heavy atom. The number of rotatable bonds is 6. The molecular formula is C38H42N2O5S. The number of hydrogen-bond acceptors (Lipinski definition) is 6. The number of benzene rings is 3. The van der Waals surface area contributed by atoms with Crippen molar-refractivity contribution in [2.24, 2.45) is 5.92 Å². The van der Waals surface area contributed by atoms with Crippen molar-refractivity contribution in [1.82, 2.24) is 8.87 Å². The third-order valence-electron chi connectivity index (χ3n) is 9.61. The van der Waals surface area contributed by atoms with Gasteiger partial charge in [0, 0.05) is 23.3 Å². The third-order valence-corrected chi connectivity index (χ3v) is 11.4. The second-order valence-electron chi connectivity index (χ2n) is 14.0. The molecule has 0 unspecified atom stereocenters. The van der Waals surface area contributed by atoms with Gasteiger partial charge in [-0.1, -0.05) is 81.4 Å². The zero-order chi connectivity index (χ0) is 32.5. The van der Waals surface area contributed by atoms with E-state index in [1.54, 1.807) is 24.3 Å². The van der Waals surface area contributed by atoms with Crippen LogP contribution in [0.4, 0.5) is 0 Å². The highest BCUT2D eigenvalue weighted by Crippen LogP contribution is 2.55. The molecule has 0 spiro atoms. The molecule has 8 heteroatoms. The molecule has 5 atom stereocenters. The Hall–Kier alpha value is -3.72. The molecular weight excluding hydrogens is 596 g/mol. The number of aromatic nitrogens is 1. The van der Waals surface area contributed by atoms with Gasteiger partial charge in [0.2, 0.25) is 0 Å². The van der Waals surface area contributed by atoms with Crippen LogP contribution in [0, 0.1) is 5.92 Å². The molecule has 2 aliphatic heterocycles. The number of para-hydroxylation sites is 1. The van der Waals surface area contributed by atoms with Crippen molar-refractivity contribution in [2.45, 2.75) is 95.2 Å². The number of nitrogens with zero attached hydrogens (tertiary/aromatic N) is 2. The summed E-state index contributed by atoms with van der Waals surface area (Å²) < 4.78 is 43.5. The largest absolute Gasteiger partial charge is 0.457 e. The number of hydrogen-bond donors (Lipinski definition) is 0. The summed E-state index contributed by atoms with van der Waals surface area (Å²) in [5.74, 6) is -0.327. The molecule has 0 N–H and O–H groups in total. The van der Waals surface area contributed by atoms with Crippen molar-refractivity contribution in [1.29, 1.82) is 0 Å². The third kappa shape index (κ3) is 4.93. The van der Waals surface area contributed by atoms with E-state index in [1.807, 2.05) is 63.2 Å². The minimum atomic E-state index is -4.02.